The molecule has 0 fully saturated rings. The van der Waals surface area contributed by atoms with E-state index in [1.807, 2.05) is 0 Å². The lowest BCUT2D eigenvalue weighted by atomic mass is 10.2. The highest BCUT2D eigenvalue weighted by molar-refractivity contribution is 7.80. The van der Waals surface area contributed by atoms with E-state index < -0.39 is 23.5 Å². The number of pyridine rings is 2. The van der Waals surface area contributed by atoms with Gasteiger partial charge in [-0.2, -0.15) is 26.3 Å². The first-order valence-electron chi connectivity index (χ1n) is 6.64. The van der Waals surface area contributed by atoms with Crippen LogP contribution in [0.5, 0.6) is 0 Å². The maximum absolute atomic E-state index is 12.8. The van der Waals surface area contributed by atoms with Crippen molar-refractivity contribution in [3.05, 3.63) is 35.7 Å². The number of rotatable bonds is 1. The highest BCUT2D eigenvalue weighted by atomic mass is 32.1. The van der Waals surface area contributed by atoms with Gasteiger partial charge in [-0.3, -0.25) is 4.98 Å². The Hall–Kier alpha value is -2.30. The predicted molar refractivity (Wildman–Crippen MR) is 79.0 cm³/mol. The summed E-state index contributed by atoms with van der Waals surface area (Å²) in [6, 6.07) is 1.59. The Morgan fingerprint density at radius 2 is 1.48 bits per heavy atom. The Morgan fingerprint density at radius 1 is 0.920 bits per heavy atom. The van der Waals surface area contributed by atoms with E-state index in [4.69, 9.17) is 0 Å². The predicted octanol–water partition coefficient (Wildman–Crippen LogP) is 4.36. The number of nitrogens with zero attached hydrogens (tertiary/aromatic N) is 4. The zero-order valence-electron chi connectivity index (χ0n) is 12.3. The fraction of sp³-hybridized carbons (Fsp3) is 0.214. The molecular formula is C14H8F6N4S. The van der Waals surface area contributed by atoms with Gasteiger partial charge in [-0.15, -0.1) is 12.6 Å². The molecule has 0 atom stereocenters. The molecule has 0 bridgehead atoms. The first kappa shape index (κ1) is 17.5. The van der Waals surface area contributed by atoms with Crippen LogP contribution >= 0.6 is 12.6 Å². The van der Waals surface area contributed by atoms with Crippen molar-refractivity contribution in [2.75, 3.05) is 0 Å². The van der Waals surface area contributed by atoms with Crippen LogP contribution in [0.15, 0.2) is 29.4 Å². The number of hydrogen-bond acceptors (Lipinski definition) is 4. The van der Waals surface area contributed by atoms with Crippen molar-refractivity contribution in [3.63, 3.8) is 0 Å². The molecule has 3 heterocycles. The summed E-state index contributed by atoms with van der Waals surface area (Å²) in [6.07, 6.45) is -7.89. The number of halogens is 6. The largest absolute Gasteiger partial charge is 0.417 e. The topological polar surface area (TPSA) is 43.6 Å². The summed E-state index contributed by atoms with van der Waals surface area (Å²) in [6.45, 7) is 0. The van der Waals surface area contributed by atoms with E-state index in [1.54, 1.807) is 0 Å². The molecule has 0 aliphatic rings. The molecule has 11 heteroatoms. The van der Waals surface area contributed by atoms with Crippen LogP contribution in [0.1, 0.15) is 11.1 Å². The molecule has 25 heavy (non-hydrogen) atoms. The average Bonchev–Trinajstić information content (AvgIpc) is 2.82. The van der Waals surface area contributed by atoms with Gasteiger partial charge in [-0.25, -0.2) is 9.97 Å². The minimum atomic E-state index is -4.58. The summed E-state index contributed by atoms with van der Waals surface area (Å²) in [7, 11) is 1.47. The van der Waals surface area contributed by atoms with Crippen LogP contribution in [-0.4, -0.2) is 19.5 Å². The number of hydrogen-bond donors (Lipinski definition) is 1. The van der Waals surface area contributed by atoms with Crippen LogP contribution in [-0.2, 0) is 19.4 Å². The normalized spacial score (nSPS) is 12.8. The van der Waals surface area contributed by atoms with Crippen LogP contribution in [0, 0.1) is 0 Å². The molecule has 4 nitrogen and oxygen atoms in total. The lowest BCUT2D eigenvalue weighted by Crippen LogP contribution is -2.07. The van der Waals surface area contributed by atoms with Gasteiger partial charge in [0.15, 0.2) is 11.5 Å². The van der Waals surface area contributed by atoms with Gasteiger partial charge in [0.05, 0.1) is 11.1 Å². The first-order chi connectivity index (χ1) is 11.5. The van der Waals surface area contributed by atoms with E-state index in [1.165, 1.54) is 11.6 Å². The summed E-state index contributed by atoms with van der Waals surface area (Å²) in [5.74, 6) is 0.0561. The lowest BCUT2D eigenvalue weighted by molar-refractivity contribution is -0.138. The van der Waals surface area contributed by atoms with E-state index in [0.717, 1.165) is 12.1 Å². The van der Waals surface area contributed by atoms with E-state index in [-0.39, 0.29) is 27.6 Å². The fourth-order valence-corrected chi connectivity index (χ4v) is 2.52. The van der Waals surface area contributed by atoms with E-state index >= 15 is 0 Å². The summed E-state index contributed by atoms with van der Waals surface area (Å²) in [4.78, 5) is 11.4. The number of fused-ring (bicyclic) bond motifs is 1. The highest BCUT2D eigenvalue weighted by Gasteiger charge is 2.33. The summed E-state index contributed by atoms with van der Waals surface area (Å²) in [5.41, 5.74) is -1.88. The Labute approximate surface area is 141 Å². The Balaban J connectivity index is 2.15. The smallest absolute Gasteiger partial charge is 0.310 e. The number of imidazole rings is 1. The number of aromatic nitrogens is 4. The van der Waals surface area contributed by atoms with Gasteiger partial charge in [0.25, 0.3) is 0 Å². The van der Waals surface area contributed by atoms with Crippen molar-refractivity contribution in [2.24, 2.45) is 7.05 Å². The first-order valence-corrected chi connectivity index (χ1v) is 7.09. The third kappa shape index (κ3) is 3.15. The molecule has 0 saturated heterocycles. The molecule has 0 saturated carbocycles. The quantitative estimate of drug-likeness (QED) is 0.506. The Morgan fingerprint density at radius 3 is 2.04 bits per heavy atom. The van der Waals surface area contributed by atoms with Gasteiger partial charge in [0.2, 0.25) is 0 Å². The maximum atomic E-state index is 12.8. The monoisotopic (exact) mass is 378 g/mol. The zero-order chi connectivity index (χ0) is 18.6. The van der Waals surface area contributed by atoms with Crippen LogP contribution in [0.2, 0.25) is 0 Å². The average molecular weight is 378 g/mol. The van der Waals surface area contributed by atoms with Gasteiger partial charge in [-0.05, 0) is 12.1 Å². The van der Waals surface area contributed by atoms with Gasteiger partial charge in [-0.1, -0.05) is 0 Å². The van der Waals surface area contributed by atoms with Crippen molar-refractivity contribution in [3.8, 4) is 11.5 Å². The minimum Gasteiger partial charge on any atom is -0.310 e. The van der Waals surface area contributed by atoms with E-state index in [9.17, 15) is 26.3 Å². The molecule has 3 aromatic rings. The third-order valence-electron chi connectivity index (χ3n) is 3.44. The van der Waals surface area contributed by atoms with Crippen molar-refractivity contribution < 1.29 is 26.3 Å². The summed E-state index contributed by atoms with van der Waals surface area (Å²) in [5, 5.41) is 0. The third-order valence-corrected chi connectivity index (χ3v) is 3.78. The molecule has 3 aromatic heterocycles. The summed E-state index contributed by atoms with van der Waals surface area (Å²) >= 11 is 3.99. The fourth-order valence-electron chi connectivity index (χ4n) is 2.22. The van der Waals surface area contributed by atoms with Crippen LogP contribution in [0.3, 0.4) is 0 Å². The van der Waals surface area contributed by atoms with Crippen LogP contribution in [0.4, 0.5) is 26.3 Å². The molecule has 3 rings (SSSR count). The van der Waals surface area contributed by atoms with Gasteiger partial charge >= 0.3 is 12.4 Å². The lowest BCUT2D eigenvalue weighted by Gasteiger charge is -2.09. The molecule has 0 aromatic carbocycles. The van der Waals surface area contributed by atoms with Crippen molar-refractivity contribution in [1.82, 2.24) is 19.5 Å². The van der Waals surface area contributed by atoms with Crippen molar-refractivity contribution >= 4 is 23.8 Å². The van der Waals surface area contributed by atoms with Crippen molar-refractivity contribution in [2.45, 2.75) is 17.2 Å². The number of alkyl halides is 6. The standard InChI is InChI=1S/C14H8F6N4S/c1-24-11-8(2-6(5-22-11)13(15,16)17)23-12(24)10-9(25)3-7(4-21-10)14(18,19)20/h2-5,25H,1H3. The second-order valence-corrected chi connectivity index (χ2v) is 5.63. The molecule has 0 unspecified atom stereocenters. The Kier molecular flexibility index (Phi) is 3.93. The van der Waals surface area contributed by atoms with Crippen LogP contribution < -0.4 is 0 Å². The van der Waals surface area contributed by atoms with Gasteiger partial charge in [0.1, 0.15) is 11.2 Å². The SMILES string of the molecule is Cn1c(-c2ncc(C(F)(F)F)cc2S)nc2cc(C(F)(F)F)cnc21. The molecular weight excluding hydrogens is 370 g/mol. The maximum Gasteiger partial charge on any atom is 0.417 e. The Bertz CT molecular complexity index is 960. The molecule has 0 amide bonds. The minimum absolute atomic E-state index is 0.00499. The van der Waals surface area contributed by atoms with Gasteiger partial charge in [0, 0.05) is 24.3 Å². The molecule has 0 radical (unpaired) electrons. The van der Waals surface area contributed by atoms with Gasteiger partial charge < -0.3 is 4.57 Å². The van der Waals surface area contributed by atoms with Crippen LogP contribution in [0.25, 0.3) is 22.7 Å². The van der Waals surface area contributed by atoms with E-state index in [0.29, 0.717) is 12.4 Å². The molecule has 0 aliphatic carbocycles. The molecule has 0 N–H and O–H groups in total. The molecule has 132 valence electrons. The zero-order valence-corrected chi connectivity index (χ0v) is 13.2. The highest BCUT2D eigenvalue weighted by Crippen LogP contribution is 2.34. The molecule has 0 aliphatic heterocycles. The molecule has 0 spiro atoms. The van der Waals surface area contributed by atoms with Crippen molar-refractivity contribution in [1.29, 1.82) is 0 Å². The summed E-state index contributed by atoms with van der Waals surface area (Å²) < 4.78 is 77.7. The number of aryl methyl sites for hydroxylation is 1. The second-order valence-electron chi connectivity index (χ2n) is 5.15. The number of thiol groups is 1. The second kappa shape index (κ2) is 5.61. The van der Waals surface area contributed by atoms with E-state index in [2.05, 4.69) is 27.6 Å².